The molecule has 0 aliphatic rings. The van der Waals surface area contributed by atoms with Crippen LogP contribution in [-0.2, 0) is 0 Å². The van der Waals surface area contributed by atoms with Crippen molar-refractivity contribution >= 4 is 23.4 Å². The van der Waals surface area contributed by atoms with Crippen molar-refractivity contribution in [2.45, 2.75) is 19.0 Å². The van der Waals surface area contributed by atoms with E-state index in [0.717, 1.165) is 5.75 Å². The second kappa shape index (κ2) is 4.57. The average Bonchev–Trinajstić information content (AvgIpc) is 2.03. The van der Waals surface area contributed by atoms with Gasteiger partial charge in [-0.3, -0.25) is 0 Å². The quantitative estimate of drug-likeness (QED) is 0.702. The molecule has 1 heterocycles. The van der Waals surface area contributed by atoms with E-state index >= 15 is 0 Å². The standard InChI is InChI=1S/C6H9ClN4S/c1-4(2)3-12-6-10-8-5(7)9-11-6/h4H,3H2,1-2H3. The monoisotopic (exact) mass is 204 g/mol. The number of rotatable bonds is 3. The van der Waals surface area contributed by atoms with E-state index in [4.69, 9.17) is 11.6 Å². The first-order valence-electron chi connectivity index (χ1n) is 3.54. The van der Waals surface area contributed by atoms with E-state index in [0.29, 0.717) is 11.1 Å². The third kappa shape index (κ3) is 3.32. The summed E-state index contributed by atoms with van der Waals surface area (Å²) in [6, 6.07) is 0. The molecule has 0 fully saturated rings. The van der Waals surface area contributed by atoms with E-state index < -0.39 is 0 Å². The van der Waals surface area contributed by atoms with E-state index in [1.54, 1.807) is 0 Å². The van der Waals surface area contributed by atoms with Gasteiger partial charge in [-0.1, -0.05) is 25.6 Å². The first-order valence-corrected chi connectivity index (χ1v) is 4.90. The van der Waals surface area contributed by atoms with Crippen LogP contribution in [0, 0.1) is 5.92 Å². The number of aromatic nitrogens is 4. The molecular weight excluding hydrogens is 196 g/mol. The maximum absolute atomic E-state index is 5.42. The Morgan fingerprint density at radius 2 is 1.83 bits per heavy atom. The van der Waals surface area contributed by atoms with E-state index in [1.807, 2.05) is 0 Å². The third-order valence-corrected chi connectivity index (χ3v) is 2.39. The molecule has 0 aliphatic heterocycles. The topological polar surface area (TPSA) is 51.6 Å². The molecule has 0 spiro atoms. The minimum Gasteiger partial charge on any atom is -0.118 e. The van der Waals surface area contributed by atoms with Gasteiger partial charge in [0.25, 0.3) is 5.28 Å². The molecule has 0 radical (unpaired) electrons. The van der Waals surface area contributed by atoms with Crippen LogP contribution in [0.25, 0.3) is 0 Å². The molecule has 1 aromatic heterocycles. The van der Waals surface area contributed by atoms with Crippen molar-refractivity contribution in [2.24, 2.45) is 5.92 Å². The Bertz CT molecular complexity index is 238. The Morgan fingerprint density at radius 1 is 1.25 bits per heavy atom. The van der Waals surface area contributed by atoms with Gasteiger partial charge in [0, 0.05) is 5.75 Å². The molecule has 0 atom stereocenters. The maximum Gasteiger partial charge on any atom is 0.262 e. The van der Waals surface area contributed by atoms with Crippen LogP contribution in [0.2, 0.25) is 5.28 Å². The maximum atomic E-state index is 5.42. The summed E-state index contributed by atoms with van der Waals surface area (Å²) in [5.74, 6) is 1.57. The molecule has 0 aliphatic carbocycles. The number of thioether (sulfide) groups is 1. The van der Waals surface area contributed by atoms with Crippen LogP contribution in [0.1, 0.15) is 13.8 Å². The smallest absolute Gasteiger partial charge is 0.118 e. The van der Waals surface area contributed by atoms with Crippen molar-refractivity contribution in [2.75, 3.05) is 5.75 Å². The molecule has 0 saturated heterocycles. The molecular formula is C6H9ClN4S. The van der Waals surface area contributed by atoms with Gasteiger partial charge in [0.1, 0.15) is 0 Å². The first kappa shape index (κ1) is 9.67. The molecule has 6 heteroatoms. The van der Waals surface area contributed by atoms with E-state index in [-0.39, 0.29) is 5.28 Å². The Hall–Kier alpha value is -0.420. The Kier molecular flexibility index (Phi) is 3.68. The zero-order chi connectivity index (χ0) is 8.97. The number of hydrogen-bond donors (Lipinski definition) is 0. The number of nitrogens with zero attached hydrogens (tertiary/aromatic N) is 4. The van der Waals surface area contributed by atoms with Crippen molar-refractivity contribution in [3.8, 4) is 0 Å². The SMILES string of the molecule is CC(C)CSc1nnc(Cl)nn1. The third-order valence-electron chi connectivity index (χ3n) is 0.982. The summed E-state index contributed by atoms with van der Waals surface area (Å²) in [4.78, 5) is 0. The van der Waals surface area contributed by atoms with Gasteiger partial charge in [-0.2, -0.15) is 0 Å². The van der Waals surface area contributed by atoms with Gasteiger partial charge >= 0.3 is 0 Å². The molecule has 12 heavy (non-hydrogen) atoms. The van der Waals surface area contributed by atoms with Crippen LogP contribution in [0.3, 0.4) is 0 Å². The fourth-order valence-corrected chi connectivity index (χ4v) is 1.26. The highest BCUT2D eigenvalue weighted by atomic mass is 35.5. The largest absolute Gasteiger partial charge is 0.262 e. The van der Waals surface area contributed by atoms with Gasteiger partial charge in [0.05, 0.1) is 0 Å². The molecule has 66 valence electrons. The van der Waals surface area contributed by atoms with E-state index in [1.165, 1.54) is 11.8 Å². The zero-order valence-corrected chi connectivity index (χ0v) is 8.43. The molecule has 0 aromatic carbocycles. The van der Waals surface area contributed by atoms with Crippen molar-refractivity contribution in [3.05, 3.63) is 5.28 Å². The van der Waals surface area contributed by atoms with Crippen molar-refractivity contribution in [1.29, 1.82) is 0 Å². The first-order chi connectivity index (χ1) is 5.68. The Morgan fingerprint density at radius 3 is 2.33 bits per heavy atom. The van der Waals surface area contributed by atoms with Gasteiger partial charge in [-0.25, -0.2) is 0 Å². The summed E-state index contributed by atoms with van der Waals surface area (Å²) in [5.41, 5.74) is 0. The van der Waals surface area contributed by atoms with Crippen LogP contribution in [0.4, 0.5) is 0 Å². The van der Waals surface area contributed by atoms with Gasteiger partial charge in [0.2, 0.25) is 5.16 Å². The number of halogens is 1. The van der Waals surface area contributed by atoms with Crippen molar-refractivity contribution in [1.82, 2.24) is 20.4 Å². The summed E-state index contributed by atoms with van der Waals surface area (Å²) >= 11 is 6.95. The average molecular weight is 205 g/mol. The van der Waals surface area contributed by atoms with Crippen LogP contribution >= 0.6 is 23.4 Å². The molecule has 0 bridgehead atoms. The zero-order valence-electron chi connectivity index (χ0n) is 6.86. The van der Waals surface area contributed by atoms with Crippen molar-refractivity contribution in [3.63, 3.8) is 0 Å². The lowest BCUT2D eigenvalue weighted by Crippen LogP contribution is -1.97. The lowest BCUT2D eigenvalue weighted by atomic mass is 10.3. The van der Waals surface area contributed by atoms with Crippen LogP contribution in [0.5, 0.6) is 0 Å². The summed E-state index contributed by atoms with van der Waals surface area (Å²) in [7, 11) is 0. The minimum atomic E-state index is 0.0869. The Balaban J connectivity index is 2.48. The van der Waals surface area contributed by atoms with Gasteiger partial charge < -0.3 is 0 Å². The highest BCUT2D eigenvalue weighted by Gasteiger charge is 2.01. The fraction of sp³-hybridized carbons (Fsp3) is 0.667. The molecule has 0 saturated carbocycles. The summed E-state index contributed by atoms with van der Waals surface area (Å²) in [6.07, 6.45) is 0. The van der Waals surface area contributed by atoms with Gasteiger partial charge in [-0.05, 0) is 17.5 Å². The summed E-state index contributed by atoms with van der Waals surface area (Å²) in [6.45, 7) is 4.26. The molecule has 1 rings (SSSR count). The normalized spacial score (nSPS) is 10.7. The Labute approximate surface area is 80.1 Å². The highest BCUT2D eigenvalue weighted by molar-refractivity contribution is 7.99. The molecule has 0 unspecified atom stereocenters. The molecule has 1 aromatic rings. The summed E-state index contributed by atoms with van der Waals surface area (Å²) in [5, 5.41) is 15.3. The predicted octanol–water partition coefficient (Wildman–Crippen LogP) is 1.67. The predicted molar refractivity (Wildman–Crippen MR) is 48.2 cm³/mol. The van der Waals surface area contributed by atoms with Crippen LogP contribution in [-0.4, -0.2) is 26.1 Å². The van der Waals surface area contributed by atoms with Gasteiger partial charge in [0.15, 0.2) is 0 Å². The number of hydrogen-bond acceptors (Lipinski definition) is 5. The lowest BCUT2D eigenvalue weighted by molar-refractivity contribution is 0.725. The second-order valence-corrected chi connectivity index (χ2v) is 3.98. The van der Waals surface area contributed by atoms with Gasteiger partial charge in [-0.15, -0.1) is 20.4 Å². The molecule has 4 nitrogen and oxygen atoms in total. The van der Waals surface area contributed by atoms with E-state index in [2.05, 4.69) is 34.2 Å². The van der Waals surface area contributed by atoms with Crippen LogP contribution < -0.4 is 0 Å². The molecule has 0 amide bonds. The summed E-state index contributed by atoms with van der Waals surface area (Å²) < 4.78 is 0. The highest BCUT2D eigenvalue weighted by Crippen LogP contribution is 2.14. The fourth-order valence-electron chi connectivity index (χ4n) is 0.507. The molecule has 0 N–H and O–H groups in total. The lowest BCUT2D eigenvalue weighted by Gasteiger charge is -2.00. The van der Waals surface area contributed by atoms with Crippen molar-refractivity contribution < 1.29 is 0 Å². The second-order valence-electron chi connectivity index (χ2n) is 2.66. The van der Waals surface area contributed by atoms with E-state index in [9.17, 15) is 0 Å². The van der Waals surface area contributed by atoms with Crippen LogP contribution in [0.15, 0.2) is 5.16 Å². The minimum absolute atomic E-state index is 0.0869.